The molecule has 1 atom stereocenters. The average Bonchev–Trinajstić information content (AvgIpc) is 2.51. The van der Waals surface area contributed by atoms with E-state index >= 15 is 0 Å². The molecule has 0 bridgehead atoms. The maximum atomic E-state index is 12.0. The van der Waals surface area contributed by atoms with Gasteiger partial charge in [0.25, 0.3) is 0 Å². The SMILES string of the molecule is COCCCNc1ncc(S(C)(=O)=O)c([C@@H]2CCCNC2)n1. The number of rotatable bonds is 7. The van der Waals surface area contributed by atoms with Gasteiger partial charge in [0.1, 0.15) is 4.90 Å². The minimum atomic E-state index is -3.33. The van der Waals surface area contributed by atoms with E-state index in [-0.39, 0.29) is 10.8 Å². The molecule has 7 nitrogen and oxygen atoms in total. The van der Waals surface area contributed by atoms with Crippen molar-refractivity contribution in [2.24, 2.45) is 0 Å². The molecule has 1 saturated heterocycles. The predicted octanol–water partition coefficient (Wildman–Crippen LogP) is 0.796. The van der Waals surface area contributed by atoms with Crippen molar-refractivity contribution < 1.29 is 13.2 Å². The first-order valence-electron chi connectivity index (χ1n) is 7.53. The number of aromatic nitrogens is 2. The van der Waals surface area contributed by atoms with Gasteiger partial charge in [-0.3, -0.25) is 0 Å². The Morgan fingerprint density at radius 2 is 2.32 bits per heavy atom. The summed E-state index contributed by atoms with van der Waals surface area (Å²) in [5, 5.41) is 6.42. The summed E-state index contributed by atoms with van der Waals surface area (Å²) in [6.45, 7) is 3.07. The Morgan fingerprint density at radius 1 is 1.50 bits per heavy atom. The Hall–Kier alpha value is -1.25. The number of nitrogens with one attached hydrogen (secondary N) is 2. The van der Waals surface area contributed by atoms with Crippen LogP contribution in [0.3, 0.4) is 0 Å². The van der Waals surface area contributed by atoms with Crippen molar-refractivity contribution >= 4 is 15.8 Å². The average molecular weight is 328 g/mol. The van der Waals surface area contributed by atoms with E-state index in [1.807, 2.05) is 0 Å². The van der Waals surface area contributed by atoms with E-state index in [0.717, 1.165) is 32.4 Å². The first-order valence-corrected chi connectivity index (χ1v) is 9.42. The molecule has 0 spiro atoms. The van der Waals surface area contributed by atoms with Crippen LogP contribution in [-0.4, -0.2) is 58.0 Å². The van der Waals surface area contributed by atoms with E-state index in [1.54, 1.807) is 7.11 Å². The highest BCUT2D eigenvalue weighted by Gasteiger charge is 2.25. The molecule has 0 aliphatic carbocycles. The summed E-state index contributed by atoms with van der Waals surface area (Å²) in [6.07, 6.45) is 5.43. The van der Waals surface area contributed by atoms with Gasteiger partial charge >= 0.3 is 0 Å². The lowest BCUT2D eigenvalue weighted by Gasteiger charge is -2.24. The highest BCUT2D eigenvalue weighted by Crippen LogP contribution is 2.27. The number of hydrogen-bond acceptors (Lipinski definition) is 7. The first kappa shape index (κ1) is 17.1. The van der Waals surface area contributed by atoms with Crippen LogP contribution in [0.15, 0.2) is 11.1 Å². The Balaban J connectivity index is 2.21. The Bertz CT molecular complexity index is 586. The summed E-state index contributed by atoms with van der Waals surface area (Å²) in [5.41, 5.74) is 0.624. The lowest BCUT2D eigenvalue weighted by atomic mass is 9.96. The molecule has 1 aliphatic heterocycles. The number of ether oxygens (including phenoxy) is 1. The highest BCUT2D eigenvalue weighted by atomic mass is 32.2. The monoisotopic (exact) mass is 328 g/mol. The molecular formula is C14H24N4O3S. The van der Waals surface area contributed by atoms with Gasteiger partial charge in [0.05, 0.1) is 11.9 Å². The Labute approximate surface area is 131 Å². The highest BCUT2D eigenvalue weighted by molar-refractivity contribution is 7.90. The van der Waals surface area contributed by atoms with Gasteiger partial charge < -0.3 is 15.4 Å². The number of hydrogen-bond donors (Lipinski definition) is 2. The predicted molar refractivity (Wildman–Crippen MR) is 85.0 cm³/mol. The molecule has 0 unspecified atom stereocenters. The van der Waals surface area contributed by atoms with Gasteiger partial charge in [-0.1, -0.05) is 0 Å². The number of piperidine rings is 1. The van der Waals surface area contributed by atoms with E-state index in [2.05, 4.69) is 20.6 Å². The molecule has 2 N–H and O–H groups in total. The second-order valence-electron chi connectivity index (χ2n) is 5.53. The molecular weight excluding hydrogens is 304 g/mol. The minimum Gasteiger partial charge on any atom is -0.385 e. The lowest BCUT2D eigenvalue weighted by molar-refractivity contribution is 0.197. The summed E-state index contributed by atoms with van der Waals surface area (Å²) in [6, 6.07) is 0. The molecule has 1 fully saturated rings. The molecule has 0 radical (unpaired) electrons. The summed E-state index contributed by atoms with van der Waals surface area (Å²) in [7, 11) is -1.67. The van der Waals surface area contributed by atoms with Crippen LogP contribution in [0.1, 0.15) is 30.9 Å². The third kappa shape index (κ3) is 4.62. The van der Waals surface area contributed by atoms with E-state index < -0.39 is 9.84 Å². The maximum Gasteiger partial charge on any atom is 0.222 e. The Morgan fingerprint density at radius 3 is 2.95 bits per heavy atom. The van der Waals surface area contributed by atoms with Crippen LogP contribution in [0, 0.1) is 0 Å². The summed E-state index contributed by atoms with van der Waals surface area (Å²) in [5.74, 6) is 0.588. The Kier molecular flexibility index (Phi) is 6.10. The molecule has 1 aliphatic rings. The van der Waals surface area contributed by atoms with E-state index in [4.69, 9.17) is 4.74 Å². The number of methoxy groups -OCH3 is 1. The molecule has 1 aromatic rings. The largest absolute Gasteiger partial charge is 0.385 e. The van der Waals surface area contributed by atoms with Crippen molar-refractivity contribution in [3.8, 4) is 0 Å². The van der Waals surface area contributed by atoms with Gasteiger partial charge in [0.15, 0.2) is 9.84 Å². The molecule has 124 valence electrons. The van der Waals surface area contributed by atoms with Crippen LogP contribution in [-0.2, 0) is 14.6 Å². The van der Waals surface area contributed by atoms with Crippen molar-refractivity contribution in [2.45, 2.75) is 30.1 Å². The normalized spacial score (nSPS) is 19.1. The molecule has 2 heterocycles. The van der Waals surface area contributed by atoms with Crippen LogP contribution in [0.5, 0.6) is 0 Å². The van der Waals surface area contributed by atoms with Gasteiger partial charge in [-0.2, -0.15) is 0 Å². The van der Waals surface area contributed by atoms with E-state index in [0.29, 0.717) is 24.8 Å². The zero-order chi connectivity index (χ0) is 16.0. The van der Waals surface area contributed by atoms with Gasteiger partial charge in [0.2, 0.25) is 5.95 Å². The van der Waals surface area contributed by atoms with Crippen LogP contribution in [0.4, 0.5) is 5.95 Å². The molecule has 22 heavy (non-hydrogen) atoms. The van der Waals surface area contributed by atoms with Gasteiger partial charge in [-0.25, -0.2) is 18.4 Å². The fourth-order valence-corrected chi connectivity index (χ4v) is 3.39. The quantitative estimate of drug-likeness (QED) is 0.715. The second kappa shape index (κ2) is 7.85. The zero-order valence-electron chi connectivity index (χ0n) is 13.1. The number of nitrogens with zero attached hydrogens (tertiary/aromatic N) is 2. The summed E-state index contributed by atoms with van der Waals surface area (Å²) >= 11 is 0. The summed E-state index contributed by atoms with van der Waals surface area (Å²) in [4.78, 5) is 8.85. The molecule has 0 aromatic carbocycles. The molecule has 0 saturated carbocycles. The van der Waals surface area contributed by atoms with Crippen LogP contribution in [0.25, 0.3) is 0 Å². The van der Waals surface area contributed by atoms with Gasteiger partial charge in [0, 0.05) is 39.0 Å². The van der Waals surface area contributed by atoms with Crippen LogP contribution in [0.2, 0.25) is 0 Å². The standard InChI is InChI=1S/C14H24N4O3S/c1-21-8-4-7-16-14-17-10-12(22(2,19)20)13(18-14)11-5-3-6-15-9-11/h10-11,15H,3-9H2,1-2H3,(H,16,17,18)/t11-/m1/s1. The molecule has 0 amide bonds. The van der Waals surface area contributed by atoms with Gasteiger partial charge in [-0.05, 0) is 25.8 Å². The van der Waals surface area contributed by atoms with Crippen molar-refractivity contribution in [3.63, 3.8) is 0 Å². The van der Waals surface area contributed by atoms with E-state index in [1.165, 1.54) is 12.5 Å². The van der Waals surface area contributed by atoms with Crippen molar-refractivity contribution in [1.29, 1.82) is 0 Å². The van der Waals surface area contributed by atoms with Crippen LogP contribution >= 0.6 is 0 Å². The molecule has 1 aromatic heterocycles. The van der Waals surface area contributed by atoms with Crippen molar-refractivity contribution in [2.75, 3.05) is 44.9 Å². The fourth-order valence-electron chi connectivity index (χ4n) is 2.55. The minimum absolute atomic E-state index is 0.112. The third-order valence-corrected chi connectivity index (χ3v) is 4.79. The molecule has 8 heteroatoms. The van der Waals surface area contributed by atoms with Crippen molar-refractivity contribution in [1.82, 2.24) is 15.3 Å². The molecule has 2 rings (SSSR count). The number of sulfone groups is 1. The fraction of sp³-hybridized carbons (Fsp3) is 0.714. The number of anilines is 1. The van der Waals surface area contributed by atoms with Crippen molar-refractivity contribution in [3.05, 3.63) is 11.9 Å². The lowest BCUT2D eigenvalue weighted by Crippen LogP contribution is -2.30. The third-order valence-electron chi connectivity index (χ3n) is 3.67. The first-order chi connectivity index (χ1) is 10.5. The van der Waals surface area contributed by atoms with Gasteiger partial charge in [-0.15, -0.1) is 0 Å². The topological polar surface area (TPSA) is 93.2 Å². The van der Waals surface area contributed by atoms with Crippen LogP contribution < -0.4 is 10.6 Å². The zero-order valence-corrected chi connectivity index (χ0v) is 13.9. The smallest absolute Gasteiger partial charge is 0.222 e. The maximum absolute atomic E-state index is 12.0. The van der Waals surface area contributed by atoms with E-state index in [9.17, 15) is 8.42 Å². The summed E-state index contributed by atoms with van der Waals surface area (Å²) < 4.78 is 28.9. The second-order valence-corrected chi connectivity index (χ2v) is 7.52.